The van der Waals surface area contributed by atoms with E-state index in [1.807, 2.05) is 6.07 Å². The van der Waals surface area contributed by atoms with Crippen LogP contribution in [0.2, 0.25) is 0 Å². The molecule has 0 aliphatic rings. The van der Waals surface area contributed by atoms with Gasteiger partial charge in [-0.05, 0) is 0 Å². The van der Waals surface area contributed by atoms with Gasteiger partial charge in [-0.15, -0.1) is 0 Å². The van der Waals surface area contributed by atoms with Crippen molar-refractivity contribution in [2.24, 2.45) is 0 Å². The molecule has 1 aromatic rings. The fourth-order valence-electron chi connectivity index (χ4n) is 0.785. The second-order valence-corrected chi connectivity index (χ2v) is 2.21. The van der Waals surface area contributed by atoms with Crippen molar-refractivity contribution in [3.8, 4) is 0 Å². The van der Waals surface area contributed by atoms with Crippen LogP contribution in [-0.2, 0) is 0 Å². The van der Waals surface area contributed by atoms with E-state index in [-0.39, 0.29) is 11.0 Å². The van der Waals surface area contributed by atoms with Crippen molar-refractivity contribution in [3.05, 3.63) is 52.1 Å². The molecular formula is C8H8NO2. The van der Waals surface area contributed by atoms with Crippen molar-refractivity contribution in [1.29, 1.82) is 0 Å². The van der Waals surface area contributed by atoms with Crippen LogP contribution in [0.25, 0.3) is 0 Å². The van der Waals surface area contributed by atoms with Crippen LogP contribution >= 0.6 is 0 Å². The van der Waals surface area contributed by atoms with E-state index in [2.05, 4.69) is 0 Å². The van der Waals surface area contributed by atoms with E-state index in [0.29, 0.717) is 5.56 Å². The molecule has 0 saturated heterocycles. The lowest BCUT2D eigenvalue weighted by Gasteiger charge is -1.99. The number of benzene rings is 1. The summed E-state index contributed by atoms with van der Waals surface area (Å²) in [6.07, 6.45) is 0. The lowest BCUT2D eigenvalue weighted by molar-refractivity contribution is -0.456. The summed E-state index contributed by atoms with van der Waals surface area (Å²) in [6, 6.07) is 9.02. The number of rotatable bonds is 2. The summed E-state index contributed by atoms with van der Waals surface area (Å²) < 4.78 is 0. The van der Waals surface area contributed by atoms with Gasteiger partial charge in [0.05, 0.1) is 0 Å². The topological polar surface area (TPSA) is 43.1 Å². The van der Waals surface area contributed by atoms with Crippen LogP contribution in [0.4, 0.5) is 0 Å². The third-order valence-electron chi connectivity index (χ3n) is 1.47. The normalized spacial score (nSPS) is 10.0. The quantitative estimate of drug-likeness (QED) is 0.477. The molecule has 1 aromatic carbocycles. The molecule has 0 fully saturated rings. The van der Waals surface area contributed by atoms with Crippen LogP contribution in [-0.4, -0.2) is 4.92 Å². The molecule has 11 heavy (non-hydrogen) atoms. The maximum atomic E-state index is 10.3. The monoisotopic (exact) mass is 150 g/mol. The number of nitro groups is 1. The van der Waals surface area contributed by atoms with Gasteiger partial charge in [0.15, 0.2) is 0 Å². The Hall–Kier alpha value is -1.38. The van der Waals surface area contributed by atoms with Crippen molar-refractivity contribution < 1.29 is 4.92 Å². The molecule has 3 nitrogen and oxygen atoms in total. The second-order valence-electron chi connectivity index (χ2n) is 2.21. The van der Waals surface area contributed by atoms with Crippen molar-refractivity contribution in [3.63, 3.8) is 0 Å². The van der Waals surface area contributed by atoms with E-state index in [4.69, 9.17) is 0 Å². The highest BCUT2D eigenvalue weighted by Gasteiger charge is 2.17. The minimum atomic E-state index is -0.380. The molecule has 0 N–H and O–H groups in total. The van der Waals surface area contributed by atoms with E-state index in [1.165, 1.54) is 6.92 Å². The summed E-state index contributed by atoms with van der Waals surface area (Å²) in [7, 11) is 0. The van der Waals surface area contributed by atoms with Gasteiger partial charge in [0, 0.05) is 17.4 Å². The Balaban J connectivity index is 2.85. The molecule has 3 heteroatoms. The van der Waals surface area contributed by atoms with E-state index in [9.17, 15) is 10.1 Å². The van der Waals surface area contributed by atoms with Crippen LogP contribution in [0, 0.1) is 16.2 Å². The first-order valence-corrected chi connectivity index (χ1v) is 3.25. The number of hydrogen-bond donors (Lipinski definition) is 0. The van der Waals surface area contributed by atoms with Gasteiger partial charge >= 0.3 is 6.04 Å². The van der Waals surface area contributed by atoms with E-state index < -0.39 is 0 Å². The summed E-state index contributed by atoms with van der Waals surface area (Å²) in [4.78, 5) is 9.89. The van der Waals surface area contributed by atoms with Crippen molar-refractivity contribution in [2.45, 2.75) is 6.92 Å². The van der Waals surface area contributed by atoms with E-state index >= 15 is 0 Å². The van der Waals surface area contributed by atoms with Crippen molar-refractivity contribution in [2.75, 3.05) is 0 Å². The molecular weight excluding hydrogens is 142 g/mol. The van der Waals surface area contributed by atoms with Crippen LogP contribution in [0.5, 0.6) is 0 Å². The third-order valence-corrected chi connectivity index (χ3v) is 1.47. The number of nitrogens with zero attached hydrogens (tertiary/aromatic N) is 1. The molecule has 0 aliphatic heterocycles. The van der Waals surface area contributed by atoms with Crippen molar-refractivity contribution >= 4 is 0 Å². The summed E-state index contributed by atoms with van der Waals surface area (Å²) in [6.45, 7) is 1.50. The van der Waals surface area contributed by atoms with Gasteiger partial charge in [0.1, 0.15) is 0 Å². The lowest BCUT2D eigenvalue weighted by atomic mass is 10.1. The summed E-state index contributed by atoms with van der Waals surface area (Å²) in [5, 5.41) is 10.3. The maximum absolute atomic E-state index is 10.3. The van der Waals surface area contributed by atoms with Gasteiger partial charge in [-0.2, -0.15) is 0 Å². The zero-order valence-electron chi connectivity index (χ0n) is 6.15. The molecule has 0 heterocycles. The van der Waals surface area contributed by atoms with Gasteiger partial charge in [0.2, 0.25) is 0 Å². The summed E-state index contributed by atoms with van der Waals surface area (Å²) in [5.74, 6) is 0. The highest BCUT2D eigenvalue weighted by Crippen LogP contribution is 2.12. The largest absolute Gasteiger partial charge is 0.316 e. The Labute approximate surface area is 64.8 Å². The molecule has 0 saturated carbocycles. The Morgan fingerprint density at radius 2 is 1.91 bits per heavy atom. The van der Waals surface area contributed by atoms with Crippen molar-refractivity contribution in [1.82, 2.24) is 0 Å². The van der Waals surface area contributed by atoms with Gasteiger partial charge in [-0.3, -0.25) is 10.1 Å². The smallest absolute Gasteiger partial charge is 0.263 e. The molecule has 0 amide bonds. The van der Waals surface area contributed by atoms with E-state index in [1.54, 1.807) is 24.3 Å². The predicted octanol–water partition coefficient (Wildman–Crippen LogP) is 1.86. The fourth-order valence-corrected chi connectivity index (χ4v) is 0.785. The summed E-state index contributed by atoms with van der Waals surface area (Å²) >= 11 is 0. The lowest BCUT2D eigenvalue weighted by Crippen LogP contribution is -2.06. The Morgan fingerprint density at radius 3 is 2.36 bits per heavy atom. The highest BCUT2D eigenvalue weighted by atomic mass is 16.6. The van der Waals surface area contributed by atoms with Gasteiger partial charge < -0.3 is 0 Å². The average molecular weight is 150 g/mol. The van der Waals surface area contributed by atoms with Gasteiger partial charge in [-0.25, -0.2) is 0 Å². The Morgan fingerprint density at radius 1 is 1.36 bits per heavy atom. The second kappa shape index (κ2) is 3.14. The molecule has 1 rings (SSSR count). The Bertz CT molecular complexity index is 246. The van der Waals surface area contributed by atoms with Crippen LogP contribution in [0.15, 0.2) is 30.3 Å². The molecule has 0 bridgehead atoms. The third kappa shape index (κ3) is 1.77. The fraction of sp³-hybridized carbons (Fsp3) is 0.125. The standard InChI is InChI=1S/C8H8NO2/c1-7(9(10)11)8-5-3-2-4-6-8/h2-6H,1H3. The first-order chi connectivity index (χ1) is 5.22. The molecule has 1 radical (unpaired) electrons. The maximum Gasteiger partial charge on any atom is 0.316 e. The molecule has 0 aliphatic carbocycles. The first-order valence-electron chi connectivity index (χ1n) is 3.25. The molecule has 0 atom stereocenters. The Kier molecular flexibility index (Phi) is 2.21. The minimum absolute atomic E-state index is 0.186. The highest BCUT2D eigenvalue weighted by molar-refractivity contribution is 5.24. The molecule has 0 spiro atoms. The predicted molar refractivity (Wildman–Crippen MR) is 41.5 cm³/mol. The SMILES string of the molecule is C[C](c1ccccc1)[N+](=O)[O-]. The number of hydrogen-bond acceptors (Lipinski definition) is 2. The zero-order chi connectivity index (χ0) is 8.27. The van der Waals surface area contributed by atoms with Gasteiger partial charge in [0.25, 0.3) is 0 Å². The van der Waals surface area contributed by atoms with E-state index in [0.717, 1.165) is 0 Å². The molecule has 57 valence electrons. The minimum Gasteiger partial charge on any atom is -0.263 e. The summed E-state index contributed by atoms with van der Waals surface area (Å²) in [5.41, 5.74) is 0.664. The van der Waals surface area contributed by atoms with Crippen LogP contribution in [0.1, 0.15) is 12.5 Å². The molecule has 0 unspecified atom stereocenters. The first kappa shape index (κ1) is 7.72. The zero-order valence-corrected chi connectivity index (χ0v) is 6.15. The molecule has 0 aromatic heterocycles. The average Bonchev–Trinajstić information content (AvgIpc) is 2.05. The van der Waals surface area contributed by atoms with Gasteiger partial charge in [-0.1, -0.05) is 30.3 Å². The van der Waals surface area contributed by atoms with Crippen LogP contribution in [0.3, 0.4) is 0 Å². The van der Waals surface area contributed by atoms with Crippen LogP contribution < -0.4 is 0 Å².